The fraction of sp³-hybridized carbons (Fsp3) is 0.0526. The molecule has 1 aliphatic carbocycles. The maximum atomic E-state index is 5.93. The molecule has 0 amide bonds. The molecule has 0 radical (unpaired) electrons. The van der Waals surface area contributed by atoms with E-state index in [1.54, 1.807) is 0 Å². The molecule has 288 valence electrons. The highest BCUT2D eigenvalue weighted by molar-refractivity contribution is 7.26. The Morgan fingerprint density at radius 2 is 1.18 bits per heavy atom. The van der Waals surface area contributed by atoms with Gasteiger partial charge in [-0.15, -0.1) is 11.3 Å². The van der Waals surface area contributed by atoms with Gasteiger partial charge in [-0.25, -0.2) is 9.97 Å². The van der Waals surface area contributed by atoms with Crippen LogP contribution in [0.15, 0.2) is 176 Å². The fourth-order valence-corrected chi connectivity index (χ4v) is 12.6. The predicted octanol–water partition coefficient (Wildman–Crippen LogP) is 15.1. The third-order valence-electron chi connectivity index (χ3n) is 14.1. The van der Waals surface area contributed by atoms with Crippen molar-refractivity contribution < 1.29 is 0 Å². The lowest BCUT2D eigenvalue weighted by Crippen LogP contribution is -2.10. The average Bonchev–Trinajstić information content (AvgIpc) is 4.04. The number of aromatic nitrogens is 4. The SMILES string of the molecule is c1ccc2c(c1)-c1c(ccc3ccccc13)CCC2c1nc(-n2c3cc4c5ccccc5n5c6ccccc6c(c3c3ccc6ccccc6c32)c45)c2sc3ccccc3c2n1. The van der Waals surface area contributed by atoms with E-state index in [2.05, 4.69) is 185 Å². The summed E-state index contributed by atoms with van der Waals surface area (Å²) < 4.78 is 7.36. The lowest BCUT2D eigenvalue weighted by molar-refractivity contribution is 0.682. The Morgan fingerprint density at radius 1 is 0.500 bits per heavy atom. The number of hydrogen-bond acceptors (Lipinski definition) is 3. The second kappa shape index (κ2) is 12.0. The maximum absolute atomic E-state index is 5.93. The van der Waals surface area contributed by atoms with Crippen LogP contribution in [0, 0.1) is 0 Å². The van der Waals surface area contributed by atoms with Gasteiger partial charge in [-0.05, 0) is 75.5 Å². The van der Waals surface area contributed by atoms with E-state index in [0.29, 0.717) is 0 Å². The molecule has 62 heavy (non-hydrogen) atoms. The predicted molar refractivity (Wildman–Crippen MR) is 261 cm³/mol. The number of nitrogens with zero attached hydrogens (tertiary/aromatic N) is 4. The monoisotopic (exact) mass is 806 g/mol. The standard InChI is InChI=1S/C57H34N4S/c1-3-15-35-32(13-1)25-26-34-28-29-40(37-17-5-6-19-39(37)49(34)35)56-58-52-42-21-9-12-24-48(42)62-55(52)57(59-56)61-47-31-44-38-18-7-10-22-45(38)60-46-23-11-8-20-41(46)51(54(44)60)50(47)43-30-27-33-14-2-4-16-36(33)53(43)61/h1-27,30-31,40H,28-29H2. The Hall–Kier alpha value is -7.60. The Bertz CT molecular complexity index is 4240. The van der Waals surface area contributed by atoms with Crippen molar-refractivity contribution in [3.8, 4) is 16.9 Å². The van der Waals surface area contributed by atoms with Crippen molar-refractivity contribution in [2.24, 2.45) is 0 Å². The highest BCUT2D eigenvalue weighted by atomic mass is 32.1. The molecule has 0 spiro atoms. The zero-order valence-electron chi connectivity index (χ0n) is 33.4. The highest BCUT2D eigenvalue weighted by Gasteiger charge is 2.31. The molecule has 5 heteroatoms. The van der Waals surface area contributed by atoms with Gasteiger partial charge in [0.1, 0.15) is 5.82 Å². The zero-order chi connectivity index (χ0) is 40.2. The fourth-order valence-electron chi connectivity index (χ4n) is 11.5. The number of para-hydroxylation sites is 2. The summed E-state index contributed by atoms with van der Waals surface area (Å²) in [5, 5.41) is 13.8. The van der Waals surface area contributed by atoms with E-state index in [0.717, 1.165) is 34.7 Å². The van der Waals surface area contributed by atoms with Crippen LogP contribution in [-0.2, 0) is 6.42 Å². The normalized spacial score (nSPS) is 14.5. The molecule has 0 aliphatic heterocycles. The first-order chi connectivity index (χ1) is 30.8. The first-order valence-electron chi connectivity index (χ1n) is 21.6. The minimum Gasteiger partial charge on any atom is -0.308 e. The Kier molecular flexibility index (Phi) is 6.43. The van der Waals surface area contributed by atoms with Gasteiger partial charge in [0.2, 0.25) is 0 Å². The van der Waals surface area contributed by atoms with Gasteiger partial charge in [0.15, 0.2) is 5.82 Å². The van der Waals surface area contributed by atoms with Crippen molar-refractivity contribution in [1.29, 1.82) is 0 Å². The number of rotatable bonds is 2. The molecule has 0 saturated heterocycles. The van der Waals surface area contributed by atoms with E-state index >= 15 is 0 Å². The molecular weight excluding hydrogens is 773 g/mol. The number of aryl methyl sites for hydroxylation is 1. The topological polar surface area (TPSA) is 35.1 Å². The number of fused-ring (bicyclic) bond motifs is 20. The summed E-state index contributed by atoms with van der Waals surface area (Å²) in [4.78, 5) is 11.6. The van der Waals surface area contributed by atoms with Crippen LogP contribution < -0.4 is 0 Å². The van der Waals surface area contributed by atoms with E-state index in [-0.39, 0.29) is 5.92 Å². The molecule has 15 rings (SSSR count). The summed E-state index contributed by atoms with van der Waals surface area (Å²) in [5.41, 5.74) is 12.4. The molecule has 0 fully saturated rings. The maximum Gasteiger partial charge on any atom is 0.159 e. The van der Waals surface area contributed by atoms with Gasteiger partial charge < -0.3 is 4.40 Å². The lowest BCUT2D eigenvalue weighted by atomic mass is 9.89. The third-order valence-corrected chi connectivity index (χ3v) is 15.2. The van der Waals surface area contributed by atoms with E-state index in [1.807, 2.05) is 11.3 Å². The first-order valence-corrected chi connectivity index (χ1v) is 22.4. The van der Waals surface area contributed by atoms with Crippen LogP contribution in [0.2, 0.25) is 0 Å². The Morgan fingerprint density at radius 3 is 2.05 bits per heavy atom. The first kappa shape index (κ1) is 33.2. The second-order valence-electron chi connectivity index (χ2n) is 17.1. The Labute approximate surface area is 358 Å². The average molecular weight is 807 g/mol. The van der Waals surface area contributed by atoms with Gasteiger partial charge in [0.25, 0.3) is 0 Å². The smallest absolute Gasteiger partial charge is 0.159 e. The molecule has 0 bridgehead atoms. The summed E-state index contributed by atoms with van der Waals surface area (Å²) in [7, 11) is 0. The summed E-state index contributed by atoms with van der Waals surface area (Å²) in [6.45, 7) is 0. The van der Waals surface area contributed by atoms with Crippen LogP contribution in [0.4, 0.5) is 0 Å². The molecule has 9 aromatic carbocycles. The molecule has 0 saturated carbocycles. The van der Waals surface area contributed by atoms with Gasteiger partial charge in [0.05, 0.1) is 37.8 Å². The molecule has 5 heterocycles. The van der Waals surface area contributed by atoms with Gasteiger partial charge in [-0.2, -0.15) is 0 Å². The lowest BCUT2D eigenvalue weighted by Gasteiger charge is -2.19. The van der Waals surface area contributed by atoms with Crippen LogP contribution in [0.25, 0.3) is 119 Å². The van der Waals surface area contributed by atoms with E-state index in [9.17, 15) is 0 Å². The molecule has 5 aromatic heterocycles. The van der Waals surface area contributed by atoms with Crippen LogP contribution in [0.5, 0.6) is 0 Å². The van der Waals surface area contributed by atoms with Gasteiger partial charge in [-0.1, -0.05) is 152 Å². The minimum atomic E-state index is -0.0155. The van der Waals surface area contributed by atoms with Crippen molar-refractivity contribution in [2.75, 3.05) is 0 Å². The molecule has 4 nitrogen and oxygen atoms in total. The summed E-state index contributed by atoms with van der Waals surface area (Å²) in [6, 6.07) is 65.2. The Balaban J connectivity index is 1.12. The van der Waals surface area contributed by atoms with Gasteiger partial charge >= 0.3 is 0 Å². The molecule has 1 atom stereocenters. The van der Waals surface area contributed by atoms with E-state index < -0.39 is 0 Å². The van der Waals surface area contributed by atoms with Crippen LogP contribution >= 0.6 is 11.3 Å². The number of hydrogen-bond donors (Lipinski definition) is 0. The molecular formula is C57H34N4S. The highest BCUT2D eigenvalue weighted by Crippen LogP contribution is 2.50. The second-order valence-corrected chi connectivity index (χ2v) is 18.2. The van der Waals surface area contributed by atoms with Crippen molar-refractivity contribution >= 4 is 113 Å². The largest absolute Gasteiger partial charge is 0.308 e. The minimum absolute atomic E-state index is 0.0155. The van der Waals surface area contributed by atoms with Crippen LogP contribution in [-0.4, -0.2) is 18.9 Å². The van der Waals surface area contributed by atoms with Crippen molar-refractivity contribution in [1.82, 2.24) is 18.9 Å². The van der Waals surface area contributed by atoms with Gasteiger partial charge in [-0.3, -0.25) is 4.57 Å². The molecule has 14 aromatic rings. The van der Waals surface area contributed by atoms with E-state index in [1.165, 1.54) is 114 Å². The molecule has 1 unspecified atom stereocenters. The van der Waals surface area contributed by atoms with Crippen LogP contribution in [0.3, 0.4) is 0 Å². The van der Waals surface area contributed by atoms with Crippen molar-refractivity contribution in [2.45, 2.75) is 18.8 Å². The quantitative estimate of drug-likeness (QED) is 0.174. The van der Waals surface area contributed by atoms with Gasteiger partial charge in [0, 0.05) is 53.7 Å². The zero-order valence-corrected chi connectivity index (χ0v) is 34.2. The van der Waals surface area contributed by atoms with E-state index in [4.69, 9.17) is 9.97 Å². The van der Waals surface area contributed by atoms with Crippen LogP contribution in [0.1, 0.15) is 29.3 Å². The number of thiophene rings is 1. The summed E-state index contributed by atoms with van der Waals surface area (Å²) >= 11 is 1.81. The van der Waals surface area contributed by atoms with Crippen molar-refractivity contribution in [3.05, 3.63) is 193 Å². The van der Waals surface area contributed by atoms with Crippen molar-refractivity contribution in [3.63, 3.8) is 0 Å². The number of benzene rings is 9. The molecule has 0 N–H and O–H groups in total. The molecule has 1 aliphatic rings. The summed E-state index contributed by atoms with van der Waals surface area (Å²) in [6.07, 6.45) is 1.85. The summed E-state index contributed by atoms with van der Waals surface area (Å²) in [5.74, 6) is 1.82. The third kappa shape index (κ3) is 4.21.